The standard InChI is InChI=1S/C24H23ClF3N3O6S2/c25-17-6-4-16(5-7-17)23(32)29-15-20-8-9-22(37-20)39(35,36)31-12-10-18(11-13-31)30-19-2-1-3-21(14-19)38(33,34)24(26,27)28/h1-9,14,18,30H,10-13,15H2,(H,29,32). The predicted octanol–water partition coefficient (Wildman–Crippen LogP) is 4.42. The van der Waals surface area contributed by atoms with Gasteiger partial charge in [0.25, 0.3) is 25.8 Å². The van der Waals surface area contributed by atoms with Crippen molar-refractivity contribution in [3.05, 3.63) is 77.0 Å². The van der Waals surface area contributed by atoms with Crippen molar-refractivity contribution in [3.8, 4) is 0 Å². The quantitative estimate of drug-likeness (QED) is 0.389. The molecule has 1 fully saturated rings. The van der Waals surface area contributed by atoms with Crippen LogP contribution in [-0.2, 0) is 26.4 Å². The highest BCUT2D eigenvalue weighted by molar-refractivity contribution is 7.92. The Morgan fingerprint density at radius 1 is 1.00 bits per heavy atom. The Balaban J connectivity index is 1.33. The predicted molar refractivity (Wildman–Crippen MR) is 136 cm³/mol. The zero-order valence-electron chi connectivity index (χ0n) is 20.1. The first kappa shape index (κ1) is 28.9. The van der Waals surface area contributed by atoms with Crippen LogP contribution in [0.1, 0.15) is 29.0 Å². The molecule has 9 nitrogen and oxygen atoms in total. The van der Waals surface area contributed by atoms with Gasteiger partial charge in [0.1, 0.15) is 5.76 Å². The number of sulfonamides is 1. The molecular formula is C24H23ClF3N3O6S2. The van der Waals surface area contributed by atoms with E-state index in [4.69, 9.17) is 16.0 Å². The van der Waals surface area contributed by atoms with Gasteiger partial charge < -0.3 is 15.1 Å². The van der Waals surface area contributed by atoms with Crippen LogP contribution >= 0.6 is 11.6 Å². The number of benzene rings is 2. The molecule has 0 spiro atoms. The van der Waals surface area contributed by atoms with E-state index in [-0.39, 0.29) is 48.1 Å². The van der Waals surface area contributed by atoms with Crippen LogP contribution in [0.3, 0.4) is 0 Å². The van der Waals surface area contributed by atoms with Gasteiger partial charge in [-0.15, -0.1) is 0 Å². The van der Waals surface area contributed by atoms with Crippen molar-refractivity contribution >= 4 is 43.1 Å². The van der Waals surface area contributed by atoms with Crippen molar-refractivity contribution in [3.63, 3.8) is 0 Å². The van der Waals surface area contributed by atoms with Crippen LogP contribution in [0.5, 0.6) is 0 Å². The number of rotatable bonds is 8. The van der Waals surface area contributed by atoms with Crippen LogP contribution in [-0.4, -0.2) is 51.7 Å². The monoisotopic (exact) mass is 605 g/mol. The van der Waals surface area contributed by atoms with Crippen LogP contribution in [0.4, 0.5) is 18.9 Å². The summed E-state index contributed by atoms with van der Waals surface area (Å²) in [6.45, 7) is 0.167. The molecule has 15 heteroatoms. The Kier molecular flexibility index (Phi) is 8.30. The molecular weight excluding hydrogens is 583 g/mol. The highest BCUT2D eigenvalue weighted by Gasteiger charge is 2.47. The summed E-state index contributed by atoms with van der Waals surface area (Å²) in [7, 11) is -9.46. The lowest BCUT2D eigenvalue weighted by Gasteiger charge is -2.31. The average Bonchev–Trinajstić information content (AvgIpc) is 3.38. The van der Waals surface area contributed by atoms with Gasteiger partial charge >= 0.3 is 5.51 Å². The number of halogens is 4. The maximum Gasteiger partial charge on any atom is 0.501 e. The van der Waals surface area contributed by atoms with Crippen molar-refractivity contribution in [2.45, 2.75) is 40.9 Å². The third-order valence-corrected chi connectivity index (χ3v) is 9.54. The van der Waals surface area contributed by atoms with Gasteiger partial charge in [0.2, 0.25) is 5.09 Å². The molecule has 0 radical (unpaired) electrons. The van der Waals surface area contributed by atoms with Gasteiger partial charge in [-0.3, -0.25) is 4.79 Å². The lowest BCUT2D eigenvalue weighted by molar-refractivity contribution is -0.0436. The Hall–Kier alpha value is -3.07. The van der Waals surface area contributed by atoms with Gasteiger partial charge in [-0.1, -0.05) is 17.7 Å². The first-order chi connectivity index (χ1) is 18.3. The maximum absolute atomic E-state index is 13.0. The van der Waals surface area contributed by atoms with E-state index in [9.17, 15) is 34.8 Å². The molecule has 3 aromatic rings. The number of amides is 1. The van der Waals surface area contributed by atoms with E-state index < -0.39 is 30.3 Å². The number of piperidine rings is 1. The summed E-state index contributed by atoms with van der Waals surface area (Å²) in [5.74, 6) is -0.148. The molecule has 2 N–H and O–H groups in total. The van der Waals surface area contributed by atoms with Crippen molar-refractivity contribution in [2.75, 3.05) is 18.4 Å². The molecule has 1 aliphatic heterocycles. The molecule has 0 saturated carbocycles. The first-order valence-corrected chi connectivity index (χ1v) is 14.9. The van der Waals surface area contributed by atoms with Gasteiger partial charge in [-0.05, 0) is 67.4 Å². The van der Waals surface area contributed by atoms with Crippen molar-refractivity contribution in [1.29, 1.82) is 0 Å². The van der Waals surface area contributed by atoms with Crippen LogP contribution in [0.25, 0.3) is 0 Å². The molecule has 1 saturated heterocycles. The number of sulfone groups is 1. The summed E-state index contributed by atoms with van der Waals surface area (Å²) < 4.78 is 94.7. The molecule has 1 aliphatic rings. The molecule has 1 amide bonds. The number of anilines is 1. The molecule has 4 rings (SSSR count). The highest BCUT2D eigenvalue weighted by atomic mass is 35.5. The van der Waals surface area contributed by atoms with E-state index in [1.807, 2.05) is 0 Å². The topological polar surface area (TPSA) is 126 Å². The largest absolute Gasteiger partial charge is 0.501 e. The molecule has 1 aromatic heterocycles. The van der Waals surface area contributed by atoms with Gasteiger partial charge in [0.05, 0.1) is 11.4 Å². The molecule has 2 aromatic carbocycles. The number of hydrogen-bond acceptors (Lipinski definition) is 7. The Morgan fingerprint density at radius 3 is 2.31 bits per heavy atom. The summed E-state index contributed by atoms with van der Waals surface area (Å²) in [5, 5.41) is 5.82. The summed E-state index contributed by atoms with van der Waals surface area (Å²) in [6.07, 6.45) is 0.639. The average molecular weight is 606 g/mol. The Bertz CT molecular complexity index is 1550. The zero-order valence-corrected chi connectivity index (χ0v) is 22.5. The highest BCUT2D eigenvalue weighted by Crippen LogP contribution is 2.32. The van der Waals surface area contributed by atoms with Gasteiger partial charge in [-0.2, -0.15) is 17.5 Å². The second-order valence-electron chi connectivity index (χ2n) is 8.71. The third-order valence-electron chi connectivity index (χ3n) is 6.03. The van der Waals surface area contributed by atoms with Crippen LogP contribution in [0, 0.1) is 0 Å². The summed E-state index contributed by atoms with van der Waals surface area (Å²) in [4.78, 5) is 11.4. The maximum atomic E-state index is 13.0. The molecule has 210 valence electrons. The first-order valence-electron chi connectivity index (χ1n) is 11.6. The number of furan rings is 1. The van der Waals surface area contributed by atoms with E-state index in [0.717, 1.165) is 12.1 Å². The molecule has 2 heterocycles. The van der Waals surface area contributed by atoms with Crippen LogP contribution < -0.4 is 10.6 Å². The van der Waals surface area contributed by atoms with Crippen LogP contribution in [0.15, 0.2) is 75.1 Å². The lowest BCUT2D eigenvalue weighted by Crippen LogP contribution is -2.42. The van der Waals surface area contributed by atoms with Crippen molar-refractivity contribution in [1.82, 2.24) is 9.62 Å². The van der Waals surface area contributed by atoms with E-state index in [2.05, 4.69) is 10.6 Å². The number of nitrogens with one attached hydrogen (secondary N) is 2. The molecule has 0 aliphatic carbocycles. The Labute approximate surface area is 227 Å². The minimum Gasteiger partial charge on any atom is -0.446 e. The lowest BCUT2D eigenvalue weighted by atomic mass is 10.1. The zero-order chi connectivity index (χ0) is 28.4. The molecule has 0 unspecified atom stereocenters. The molecule has 0 bridgehead atoms. The summed E-state index contributed by atoms with van der Waals surface area (Å²) >= 11 is 5.81. The number of carbonyl (C=O) groups is 1. The van der Waals surface area contributed by atoms with E-state index in [1.54, 1.807) is 24.3 Å². The molecule has 39 heavy (non-hydrogen) atoms. The van der Waals surface area contributed by atoms with E-state index >= 15 is 0 Å². The fourth-order valence-corrected chi connectivity index (χ4v) is 6.28. The Morgan fingerprint density at radius 2 is 1.67 bits per heavy atom. The number of nitrogens with zero attached hydrogens (tertiary/aromatic N) is 1. The van der Waals surface area contributed by atoms with E-state index in [0.29, 0.717) is 23.4 Å². The molecule has 0 atom stereocenters. The van der Waals surface area contributed by atoms with Gasteiger partial charge in [0, 0.05) is 35.4 Å². The SMILES string of the molecule is O=C(NCc1ccc(S(=O)(=O)N2CCC(Nc3cccc(S(=O)(=O)C(F)(F)F)c3)CC2)o1)c1ccc(Cl)cc1. The fourth-order valence-electron chi connectivity index (χ4n) is 3.95. The second kappa shape index (κ2) is 11.2. The van der Waals surface area contributed by atoms with Crippen molar-refractivity contribution in [2.24, 2.45) is 0 Å². The second-order valence-corrected chi connectivity index (χ2v) is 13.0. The number of hydrogen-bond donors (Lipinski definition) is 2. The minimum atomic E-state index is -5.49. The van der Waals surface area contributed by atoms with Crippen LogP contribution in [0.2, 0.25) is 5.02 Å². The number of alkyl halides is 3. The summed E-state index contributed by atoms with van der Waals surface area (Å²) in [5.41, 5.74) is -4.86. The van der Waals surface area contributed by atoms with E-state index in [1.165, 1.54) is 28.6 Å². The fraction of sp³-hybridized carbons (Fsp3) is 0.292. The van der Waals surface area contributed by atoms with Gasteiger partial charge in [0.15, 0.2) is 0 Å². The number of carbonyl (C=O) groups excluding carboxylic acids is 1. The minimum absolute atomic E-state index is 0.0356. The summed E-state index contributed by atoms with van der Waals surface area (Å²) in [6, 6.07) is 13.1. The normalized spacial score (nSPS) is 15.7. The smallest absolute Gasteiger partial charge is 0.446 e. The third kappa shape index (κ3) is 6.57. The van der Waals surface area contributed by atoms with Crippen molar-refractivity contribution < 1.29 is 39.2 Å². The van der Waals surface area contributed by atoms with Gasteiger partial charge in [-0.25, -0.2) is 16.8 Å².